The summed E-state index contributed by atoms with van der Waals surface area (Å²) in [6, 6.07) is 0. The zero-order valence-electron chi connectivity index (χ0n) is 7.02. The molecule has 2 N–H and O–H groups in total. The fourth-order valence-corrected chi connectivity index (χ4v) is 1.20. The van der Waals surface area contributed by atoms with Crippen LogP contribution in [0.1, 0.15) is 22.6 Å². The maximum atomic E-state index is 11.0. The highest BCUT2D eigenvalue weighted by Crippen LogP contribution is 2.05. The molecule has 1 aromatic heterocycles. The molecule has 5 nitrogen and oxygen atoms in total. The zero-order valence-corrected chi connectivity index (χ0v) is 8.65. The molecule has 0 atom stereocenters. The quantitative estimate of drug-likeness (QED) is 0.759. The molecule has 74 valence electrons. The van der Waals surface area contributed by atoms with Crippen molar-refractivity contribution in [3.05, 3.63) is 10.8 Å². The number of hydrogen-bond donors (Lipinski definition) is 1. The second kappa shape index (κ2) is 5.85. The average molecular weight is 224 g/mol. The highest BCUT2D eigenvalue weighted by molar-refractivity contribution is 7.07. The van der Waals surface area contributed by atoms with Crippen molar-refractivity contribution in [2.45, 2.75) is 13.5 Å². The van der Waals surface area contributed by atoms with Gasteiger partial charge in [-0.1, -0.05) is 0 Å². The first-order valence-corrected chi connectivity index (χ1v) is 4.25. The van der Waals surface area contributed by atoms with Gasteiger partial charge < -0.3 is 10.5 Å². The largest absolute Gasteiger partial charge is 0.461 e. The van der Waals surface area contributed by atoms with Gasteiger partial charge in [-0.3, -0.25) is 0 Å². The maximum absolute atomic E-state index is 11.0. The summed E-state index contributed by atoms with van der Waals surface area (Å²) < 4.78 is 8.56. The van der Waals surface area contributed by atoms with Gasteiger partial charge in [0.15, 0.2) is 5.82 Å². The Labute approximate surface area is 85.9 Å². The van der Waals surface area contributed by atoms with Crippen molar-refractivity contribution in [3.8, 4) is 0 Å². The molecule has 0 aliphatic rings. The van der Waals surface area contributed by atoms with Crippen LogP contribution in [0.5, 0.6) is 0 Å². The summed E-state index contributed by atoms with van der Waals surface area (Å²) in [6.45, 7) is 2.33. The Kier molecular flexibility index (Phi) is 5.52. The van der Waals surface area contributed by atoms with E-state index in [0.717, 1.165) is 11.5 Å². The molecular formula is C6H10ClN3O2S. The van der Waals surface area contributed by atoms with Crippen molar-refractivity contribution >= 4 is 29.9 Å². The van der Waals surface area contributed by atoms with E-state index < -0.39 is 5.97 Å². The monoisotopic (exact) mass is 223 g/mol. The number of nitrogens with two attached hydrogens (primary N) is 1. The third kappa shape index (κ3) is 3.25. The Balaban J connectivity index is 0.00000144. The van der Waals surface area contributed by atoms with E-state index in [1.54, 1.807) is 6.92 Å². The van der Waals surface area contributed by atoms with Crippen molar-refractivity contribution in [2.75, 3.05) is 6.61 Å². The van der Waals surface area contributed by atoms with Gasteiger partial charge in [-0.25, -0.2) is 9.78 Å². The number of ether oxygens (including phenoxy) is 1. The van der Waals surface area contributed by atoms with Crippen molar-refractivity contribution in [1.29, 1.82) is 0 Å². The Morgan fingerprint density at radius 2 is 2.38 bits per heavy atom. The van der Waals surface area contributed by atoms with Crippen LogP contribution in [0.25, 0.3) is 0 Å². The third-order valence-corrected chi connectivity index (χ3v) is 1.83. The lowest BCUT2D eigenvalue weighted by Crippen LogP contribution is -2.05. The maximum Gasteiger partial charge on any atom is 0.369 e. The van der Waals surface area contributed by atoms with E-state index in [2.05, 4.69) is 9.36 Å². The molecule has 1 heterocycles. The predicted molar refractivity (Wildman–Crippen MR) is 51.0 cm³/mol. The number of hydrogen-bond acceptors (Lipinski definition) is 6. The molecule has 0 aliphatic carbocycles. The summed E-state index contributed by atoms with van der Waals surface area (Å²) >= 11 is 1.01. The minimum atomic E-state index is -0.435. The standard InChI is InChI=1S/C6H9N3O2S.ClH/c1-2-11-6(10)5-8-4(3-7)9-12-5;/h2-3,7H2,1H3;1H. The van der Waals surface area contributed by atoms with Gasteiger partial charge in [0, 0.05) is 0 Å². The summed E-state index contributed by atoms with van der Waals surface area (Å²) in [5.74, 6) is 0.0396. The minimum absolute atomic E-state index is 0. The summed E-state index contributed by atoms with van der Waals surface area (Å²) in [4.78, 5) is 14.9. The molecule has 0 fully saturated rings. The number of rotatable bonds is 3. The number of nitrogens with zero attached hydrogens (tertiary/aromatic N) is 2. The van der Waals surface area contributed by atoms with Gasteiger partial charge in [-0.2, -0.15) is 4.37 Å². The lowest BCUT2D eigenvalue weighted by molar-refractivity contribution is 0.0525. The van der Waals surface area contributed by atoms with Crippen molar-refractivity contribution in [3.63, 3.8) is 0 Å². The van der Waals surface area contributed by atoms with E-state index in [1.807, 2.05) is 0 Å². The van der Waals surface area contributed by atoms with Gasteiger partial charge in [-0.05, 0) is 18.5 Å². The number of esters is 1. The van der Waals surface area contributed by atoms with Crippen molar-refractivity contribution in [2.24, 2.45) is 5.73 Å². The number of halogens is 1. The molecule has 13 heavy (non-hydrogen) atoms. The Morgan fingerprint density at radius 3 is 2.85 bits per heavy atom. The first-order chi connectivity index (χ1) is 5.77. The zero-order chi connectivity index (χ0) is 8.97. The van der Waals surface area contributed by atoms with Crippen LogP contribution in [0.2, 0.25) is 0 Å². The summed E-state index contributed by atoms with van der Waals surface area (Å²) in [5.41, 5.74) is 5.27. The smallest absolute Gasteiger partial charge is 0.369 e. The SMILES string of the molecule is CCOC(=O)c1nc(CN)ns1.Cl. The third-order valence-electron chi connectivity index (χ3n) is 1.10. The molecule has 0 aromatic carbocycles. The first-order valence-electron chi connectivity index (χ1n) is 3.47. The second-order valence-electron chi connectivity index (χ2n) is 1.94. The first kappa shape index (κ1) is 12.3. The van der Waals surface area contributed by atoms with Gasteiger partial charge in [0.1, 0.15) is 0 Å². The molecule has 0 saturated carbocycles. The van der Waals surface area contributed by atoms with Crippen molar-refractivity contribution in [1.82, 2.24) is 9.36 Å². The molecule has 1 rings (SSSR count). The minimum Gasteiger partial charge on any atom is -0.461 e. The van der Waals surface area contributed by atoms with Gasteiger partial charge in [0.25, 0.3) is 0 Å². The lowest BCUT2D eigenvalue weighted by atomic mass is 10.6. The number of carbonyl (C=O) groups is 1. The fraction of sp³-hybridized carbons (Fsp3) is 0.500. The van der Waals surface area contributed by atoms with E-state index in [1.165, 1.54) is 0 Å². The van der Waals surface area contributed by atoms with E-state index in [9.17, 15) is 4.79 Å². The average Bonchev–Trinajstić information content (AvgIpc) is 2.52. The lowest BCUT2D eigenvalue weighted by Gasteiger charge is -1.94. The summed E-state index contributed by atoms with van der Waals surface area (Å²) in [5, 5.41) is 0.261. The van der Waals surface area contributed by atoms with Crippen molar-refractivity contribution < 1.29 is 9.53 Å². The molecule has 0 unspecified atom stereocenters. The highest BCUT2D eigenvalue weighted by Gasteiger charge is 2.12. The van der Waals surface area contributed by atoms with Crippen LogP contribution in [0.15, 0.2) is 0 Å². The van der Waals surface area contributed by atoms with Gasteiger partial charge in [0.05, 0.1) is 13.2 Å². The van der Waals surface area contributed by atoms with E-state index >= 15 is 0 Å². The predicted octanol–water partition coefficient (Wildman–Crippen LogP) is 0.595. The molecular weight excluding hydrogens is 214 g/mol. The Morgan fingerprint density at radius 1 is 1.69 bits per heavy atom. The normalized spacial score (nSPS) is 9.08. The summed E-state index contributed by atoms with van der Waals surface area (Å²) in [7, 11) is 0. The van der Waals surface area contributed by atoms with Crippen LogP contribution in [0, 0.1) is 0 Å². The van der Waals surface area contributed by atoms with Crippen LogP contribution in [-0.2, 0) is 11.3 Å². The second-order valence-corrected chi connectivity index (χ2v) is 2.69. The number of aromatic nitrogens is 2. The fourth-order valence-electron chi connectivity index (χ4n) is 0.613. The molecule has 0 amide bonds. The van der Waals surface area contributed by atoms with Gasteiger partial charge in [-0.15, -0.1) is 12.4 Å². The van der Waals surface area contributed by atoms with Crippen LogP contribution in [0.4, 0.5) is 0 Å². The highest BCUT2D eigenvalue weighted by atomic mass is 35.5. The molecule has 1 aromatic rings. The van der Waals surface area contributed by atoms with Crippen LogP contribution < -0.4 is 5.73 Å². The molecule has 0 spiro atoms. The molecule has 0 saturated heterocycles. The molecule has 0 radical (unpaired) electrons. The van der Waals surface area contributed by atoms with E-state index in [-0.39, 0.29) is 24.0 Å². The van der Waals surface area contributed by atoms with E-state index in [4.69, 9.17) is 10.5 Å². The summed E-state index contributed by atoms with van der Waals surface area (Å²) in [6.07, 6.45) is 0. The molecule has 7 heteroatoms. The topological polar surface area (TPSA) is 78.1 Å². The van der Waals surface area contributed by atoms with Crippen LogP contribution >= 0.6 is 23.9 Å². The van der Waals surface area contributed by atoms with Crippen LogP contribution in [0.3, 0.4) is 0 Å². The molecule has 0 aliphatic heterocycles. The van der Waals surface area contributed by atoms with E-state index in [0.29, 0.717) is 12.4 Å². The molecule has 0 bridgehead atoms. The Hall–Kier alpha value is -0.720. The van der Waals surface area contributed by atoms with Crippen LogP contribution in [-0.4, -0.2) is 21.9 Å². The Bertz CT molecular complexity index is 279. The number of carbonyl (C=O) groups excluding carboxylic acids is 1. The van der Waals surface area contributed by atoms with Gasteiger partial charge in [0.2, 0.25) is 5.01 Å². The van der Waals surface area contributed by atoms with Gasteiger partial charge >= 0.3 is 5.97 Å².